The van der Waals surface area contributed by atoms with Gasteiger partial charge >= 0.3 is 5.97 Å². The van der Waals surface area contributed by atoms with Crippen LogP contribution in [0.5, 0.6) is 0 Å². The lowest BCUT2D eigenvalue weighted by Gasteiger charge is -1.97. The van der Waals surface area contributed by atoms with Crippen molar-refractivity contribution in [1.82, 2.24) is 9.38 Å². The van der Waals surface area contributed by atoms with Crippen molar-refractivity contribution in [2.75, 3.05) is 0 Å². The zero-order chi connectivity index (χ0) is 12.5. The molecular formula is C13H10N2O2S. The Morgan fingerprint density at radius 3 is 2.94 bits per heavy atom. The number of carboxylic acids is 1. The van der Waals surface area contributed by atoms with Gasteiger partial charge in [-0.25, -0.2) is 9.78 Å². The van der Waals surface area contributed by atoms with Gasteiger partial charge in [-0.3, -0.25) is 4.40 Å². The molecule has 0 spiro atoms. The summed E-state index contributed by atoms with van der Waals surface area (Å²) in [6, 6.07) is 9.14. The van der Waals surface area contributed by atoms with Crippen molar-refractivity contribution in [2.45, 2.75) is 6.42 Å². The van der Waals surface area contributed by atoms with Gasteiger partial charge in [0.25, 0.3) is 0 Å². The Labute approximate surface area is 107 Å². The van der Waals surface area contributed by atoms with Crippen LogP contribution in [0.1, 0.15) is 21.1 Å². The number of carbonyl (C=O) groups is 1. The third-order valence-corrected chi connectivity index (χ3v) is 3.57. The quantitative estimate of drug-likeness (QED) is 0.785. The zero-order valence-corrected chi connectivity index (χ0v) is 10.2. The lowest BCUT2D eigenvalue weighted by atomic mass is 10.3. The second-order valence-electron chi connectivity index (χ2n) is 3.93. The molecule has 3 aromatic rings. The Kier molecular flexibility index (Phi) is 2.60. The summed E-state index contributed by atoms with van der Waals surface area (Å²) < 4.78 is 1.62. The van der Waals surface area contributed by atoms with Gasteiger partial charge in [-0.05, 0) is 23.6 Å². The van der Waals surface area contributed by atoms with Crippen LogP contribution in [0.4, 0.5) is 0 Å². The maximum Gasteiger partial charge on any atom is 0.352 e. The maximum absolute atomic E-state index is 11.1. The summed E-state index contributed by atoms with van der Waals surface area (Å²) in [5, 5.41) is 11.1. The van der Waals surface area contributed by atoms with Crippen LogP contribution >= 0.6 is 11.3 Å². The molecule has 4 nitrogen and oxygen atoms in total. The lowest BCUT2D eigenvalue weighted by Crippen LogP contribution is -2.03. The molecule has 90 valence electrons. The third kappa shape index (κ3) is 1.89. The highest BCUT2D eigenvalue weighted by Gasteiger charge is 2.10. The summed E-state index contributed by atoms with van der Waals surface area (Å²) in [4.78, 5) is 16.7. The fourth-order valence-corrected chi connectivity index (χ4v) is 2.63. The highest BCUT2D eigenvalue weighted by molar-refractivity contribution is 7.09. The van der Waals surface area contributed by atoms with Crippen molar-refractivity contribution in [2.24, 2.45) is 0 Å². The molecule has 0 unspecified atom stereocenters. The van der Waals surface area contributed by atoms with Crippen LogP contribution in [0.25, 0.3) is 5.65 Å². The van der Waals surface area contributed by atoms with E-state index in [0.29, 0.717) is 5.65 Å². The first-order valence-corrected chi connectivity index (χ1v) is 6.34. The van der Waals surface area contributed by atoms with E-state index in [1.807, 2.05) is 23.6 Å². The largest absolute Gasteiger partial charge is 0.477 e. The van der Waals surface area contributed by atoms with Crippen LogP contribution < -0.4 is 0 Å². The fourth-order valence-electron chi connectivity index (χ4n) is 1.91. The number of rotatable bonds is 3. The van der Waals surface area contributed by atoms with Gasteiger partial charge in [0.15, 0.2) is 0 Å². The fraction of sp³-hybridized carbons (Fsp3) is 0.0769. The smallest absolute Gasteiger partial charge is 0.352 e. The zero-order valence-electron chi connectivity index (χ0n) is 9.41. The summed E-state index contributed by atoms with van der Waals surface area (Å²) in [6.07, 6.45) is 2.52. The molecule has 3 aromatic heterocycles. The Morgan fingerprint density at radius 1 is 1.33 bits per heavy atom. The Bertz CT molecular complexity index is 701. The standard InChI is InChI=1S/C13H10N2O2S/c16-13(17)11-4-1-5-12-14-9(8-15(11)12)7-10-3-2-6-18-10/h1-6,8H,7H2,(H,16,17). The minimum atomic E-state index is -0.944. The van der Waals surface area contributed by atoms with Gasteiger partial charge < -0.3 is 5.11 Å². The number of carboxylic acid groups (broad SMARTS) is 1. The molecule has 18 heavy (non-hydrogen) atoms. The van der Waals surface area contributed by atoms with Crippen molar-refractivity contribution in [1.29, 1.82) is 0 Å². The molecule has 0 bridgehead atoms. The predicted octanol–water partition coefficient (Wildman–Crippen LogP) is 2.68. The van der Waals surface area contributed by atoms with E-state index >= 15 is 0 Å². The lowest BCUT2D eigenvalue weighted by molar-refractivity contribution is 0.0689. The first kappa shape index (κ1) is 11.0. The van der Waals surface area contributed by atoms with Crippen LogP contribution in [0.15, 0.2) is 41.9 Å². The van der Waals surface area contributed by atoms with Crippen LogP contribution in [0, 0.1) is 0 Å². The molecule has 0 fully saturated rings. The second-order valence-corrected chi connectivity index (χ2v) is 4.97. The van der Waals surface area contributed by atoms with Crippen molar-refractivity contribution in [3.8, 4) is 0 Å². The summed E-state index contributed by atoms with van der Waals surface area (Å²) in [7, 11) is 0. The van der Waals surface area contributed by atoms with E-state index in [-0.39, 0.29) is 5.69 Å². The van der Waals surface area contributed by atoms with E-state index in [1.165, 1.54) is 4.88 Å². The van der Waals surface area contributed by atoms with E-state index in [0.717, 1.165) is 12.1 Å². The van der Waals surface area contributed by atoms with E-state index < -0.39 is 5.97 Å². The van der Waals surface area contributed by atoms with Crippen molar-refractivity contribution in [3.63, 3.8) is 0 Å². The number of hydrogen-bond acceptors (Lipinski definition) is 3. The third-order valence-electron chi connectivity index (χ3n) is 2.70. The number of imidazole rings is 1. The number of nitrogens with zero attached hydrogens (tertiary/aromatic N) is 2. The highest BCUT2D eigenvalue weighted by Crippen LogP contribution is 2.16. The molecule has 0 aliphatic heterocycles. The monoisotopic (exact) mass is 258 g/mol. The van der Waals surface area contributed by atoms with E-state index in [2.05, 4.69) is 4.98 Å². The summed E-state index contributed by atoms with van der Waals surface area (Å²) in [6.45, 7) is 0. The molecule has 0 aliphatic carbocycles. The molecule has 0 radical (unpaired) electrons. The average Bonchev–Trinajstić information content (AvgIpc) is 2.96. The Balaban J connectivity index is 2.05. The van der Waals surface area contributed by atoms with Crippen LogP contribution in [0.2, 0.25) is 0 Å². The van der Waals surface area contributed by atoms with Gasteiger partial charge in [-0.15, -0.1) is 11.3 Å². The van der Waals surface area contributed by atoms with Gasteiger partial charge in [-0.1, -0.05) is 12.1 Å². The molecule has 3 heterocycles. The Morgan fingerprint density at radius 2 is 2.22 bits per heavy atom. The van der Waals surface area contributed by atoms with Crippen LogP contribution in [-0.4, -0.2) is 20.5 Å². The highest BCUT2D eigenvalue weighted by atomic mass is 32.1. The maximum atomic E-state index is 11.1. The van der Waals surface area contributed by atoms with Gasteiger partial charge in [0.2, 0.25) is 0 Å². The molecule has 0 saturated carbocycles. The number of thiophene rings is 1. The topological polar surface area (TPSA) is 54.6 Å². The van der Waals surface area contributed by atoms with Gasteiger partial charge in [0.1, 0.15) is 11.3 Å². The number of hydrogen-bond donors (Lipinski definition) is 1. The summed E-state index contributed by atoms with van der Waals surface area (Å²) >= 11 is 1.67. The van der Waals surface area contributed by atoms with Gasteiger partial charge in [0.05, 0.1) is 5.69 Å². The molecule has 0 saturated heterocycles. The van der Waals surface area contributed by atoms with Crippen LogP contribution in [-0.2, 0) is 6.42 Å². The second kappa shape index (κ2) is 4.27. The first-order chi connectivity index (χ1) is 8.74. The van der Waals surface area contributed by atoms with Gasteiger partial charge in [-0.2, -0.15) is 0 Å². The van der Waals surface area contributed by atoms with E-state index in [1.54, 1.807) is 34.1 Å². The molecule has 3 rings (SSSR count). The van der Waals surface area contributed by atoms with E-state index in [4.69, 9.17) is 5.11 Å². The van der Waals surface area contributed by atoms with Crippen LogP contribution in [0.3, 0.4) is 0 Å². The minimum absolute atomic E-state index is 0.234. The number of aromatic carboxylic acids is 1. The first-order valence-electron chi connectivity index (χ1n) is 5.47. The molecule has 0 atom stereocenters. The molecule has 0 aromatic carbocycles. The molecule has 1 N–H and O–H groups in total. The van der Waals surface area contributed by atoms with E-state index in [9.17, 15) is 4.79 Å². The Hall–Kier alpha value is -2.14. The van der Waals surface area contributed by atoms with Gasteiger partial charge in [0, 0.05) is 17.5 Å². The van der Waals surface area contributed by atoms with Crippen molar-refractivity contribution >= 4 is 23.0 Å². The number of fused-ring (bicyclic) bond motifs is 1. The normalized spacial score (nSPS) is 10.9. The van der Waals surface area contributed by atoms with Crippen molar-refractivity contribution in [3.05, 3.63) is 58.2 Å². The average molecular weight is 258 g/mol. The molecule has 5 heteroatoms. The summed E-state index contributed by atoms with van der Waals surface area (Å²) in [5.41, 5.74) is 1.78. The van der Waals surface area contributed by atoms with Crippen molar-refractivity contribution < 1.29 is 9.90 Å². The minimum Gasteiger partial charge on any atom is -0.477 e. The SMILES string of the molecule is O=C(O)c1cccc2nc(Cc3cccs3)cn12. The number of pyridine rings is 1. The molecular weight excluding hydrogens is 248 g/mol. The molecule has 0 amide bonds. The summed E-state index contributed by atoms with van der Waals surface area (Å²) in [5.74, 6) is -0.944. The number of aromatic nitrogens is 2. The molecule has 0 aliphatic rings. The predicted molar refractivity (Wildman–Crippen MR) is 69.3 cm³/mol.